The summed E-state index contributed by atoms with van der Waals surface area (Å²) < 4.78 is 5.38. The van der Waals surface area contributed by atoms with E-state index in [-0.39, 0.29) is 31.9 Å². The Kier molecular flexibility index (Phi) is 7.25. The number of aliphatic hydroxyl groups excluding tert-OH is 1. The van der Waals surface area contributed by atoms with Crippen LogP contribution in [0.15, 0.2) is 48.5 Å². The zero-order valence-corrected chi connectivity index (χ0v) is 17.2. The lowest BCUT2D eigenvalue weighted by Gasteiger charge is -2.16. The molecule has 0 saturated carbocycles. The maximum atomic E-state index is 12.1. The monoisotopic (exact) mass is 426 g/mol. The summed E-state index contributed by atoms with van der Waals surface area (Å²) in [6.45, 7) is 1.56. The van der Waals surface area contributed by atoms with Crippen LogP contribution in [0.1, 0.15) is 36.8 Å². The van der Waals surface area contributed by atoms with Crippen molar-refractivity contribution in [3.05, 3.63) is 59.7 Å². The molecule has 31 heavy (non-hydrogen) atoms. The number of carbonyl (C=O) groups excluding carboxylic acids is 2. The summed E-state index contributed by atoms with van der Waals surface area (Å²) in [5, 5.41) is 23.6. The highest BCUT2D eigenvalue weighted by molar-refractivity contribution is 5.79. The Balaban J connectivity index is 1.46. The third kappa shape index (κ3) is 5.82. The summed E-state index contributed by atoms with van der Waals surface area (Å²) in [6.07, 6.45) is -2.26. The van der Waals surface area contributed by atoms with Gasteiger partial charge in [0, 0.05) is 18.5 Å². The largest absolute Gasteiger partial charge is 0.481 e. The molecule has 164 valence electrons. The lowest BCUT2D eigenvalue weighted by molar-refractivity contribution is -0.137. The molecule has 3 rings (SSSR count). The Hall–Kier alpha value is -3.39. The second-order valence-electron chi connectivity index (χ2n) is 7.63. The van der Waals surface area contributed by atoms with Gasteiger partial charge in [0.25, 0.3) is 0 Å². The highest BCUT2D eigenvalue weighted by Crippen LogP contribution is 2.44. The number of carboxylic acid groups (broad SMARTS) is 1. The smallest absolute Gasteiger partial charge is 0.407 e. The first-order valence-electron chi connectivity index (χ1n) is 10.1. The van der Waals surface area contributed by atoms with Crippen molar-refractivity contribution in [2.75, 3.05) is 13.2 Å². The maximum Gasteiger partial charge on any atom is 0.407 e. The summed E-state index contributed by atoms with van der Waals surface area (Å²) >= 11 is 0. The molecule has 0 fully saturated rings. The van der Waals surface area contributed by atoms with Gasteiger partial charge >= 0.3 is 12.1 Å². The first kappa shape index (κ1) is 22.3. The SMILES string of the molecule is CC(CC(=O)O)NC(=O)CC(O)CNC(=O)OCC1c2ccccc2-c2ccccc21. The van der Waals surface area contributed by atoms with Gasteiger partial charge in [-0.1, -0.05) is 48.5 Å². The summed E-state index contributed by atoms with van der Waals surface area (Å²) in [5.41, 5.74) is 4.46. The van der Waals surface area contributed by atoms with Crippen LogP contribution in [0.5, 0.6) is 0 Å². The van der Waals surface area contributed by atoms with E-state index in [1.54, 1.807) is 6.92 Å². The summed E-state index contributed by atoms with van der Waals surface area (Å²) in [7, 11) is 0. The lowest BCUT2D eigenvalue weighted by atomic mass is 9.98. The average Bonchev–Trinajstić information content (AvgIpc) is 3.04. The molecule has 1 aliphatic carbocycles. The third-order valence-corrected chi connectivity index (χ3v) is 5.13. The van der Waals surface area contributed by atoms with E-state index >= 15 is 0 Å². The minimum absolute atomic E-state index is 0.0652. The Bertz CT molecular complexity index is 915. The number of carbonyl (C=O) groups is 3. The Morgan fingerprint density at radius 1 is 1.00 bits per heavy atom. The maximum absolute atomic E-state index is 12.1. The van der Waals surface area contributed by atoms with Crippen molar-refractivity contribution in [2.45, 2.75) is 37.8 Å². The molecule has 8 nitrogen and oxygen atoms in total. The van der Waals surface area contributed by atoms with Gasteiger partial charge < -0.3 is 25.6 Å². The second-order valence-corrected chi connectivity index (χ2v) is 7.63. The lowest BCUT2D eigenvalue weighted by Crippen LogP contribution is -2.39. The number of benzene rings is 2. The van der Waals surface area contributed by atoms with Gasteiger partial charge in [0.1, 0.15) is 6.61 Å². The molecular weight excluding hydrogens is 400 g/mol. The van der Waals surface area contributed by atoms with Crippen LogP contribution in [0, 0.1) is 0 Å². The fourth-order valence-corrected chi connectivity index (χ4v) is 3.78. The molecule has 2 unspecified atom stereocenters. The van der Waals surface area contributed by atoms with Crippen LogP contribution in [0.3, 0.4) is 0 Å². The number of ether oxygens (including phenoxy) is 1. The van der Waals surface area contributed by atoms with Gasteiger partial charge in [-0.2, -0.15) is 0 Å². The van der Waals surface area contributed by atoms with Crippen LogP contribution in [-0.2, 0) is 14.3 Å². The van der Waals surface area contributed by atoms with Crippen LogP contribution < -0.4 is 10.6 Å². The van der Waals surface area contributed by atoms with Gasteiger partial charge in [-0.3, -0.25) is 9.59 Å². The topological polar surface area (TPSA) is 125 Å². The van der Waals surface area contributed by atoms with Gasteiger partial charge in [-0.25, -0.2) is 4.79 Å². The quantitative estimate of drug-likeness (QED) is 0.487. The van der Waals surface area contributed by atoms with Crippen molar-refractivity contribution in [2.24, 2.45) is 0 Å². The molecule has 8 heteroatoms. The number of amides is 2. The van der Waals surface area contributed by atoms with Gasteiger partial charge in [0.15, 0.2) is 0 Å². The van der Waals surface area contributed by atoms with E-state index < -0.39 is 30.1 Å². The van der Waals surface area contributed by atoms with E-state index in [1.807, 2.05) is 48.5 Å². The number of fused-ring (bicyclic) bond motifs is 3. The molecule has 0 aromatic heterocycles. The highest BCUT2D eigenvalue weighted by Gasteiger charge is 2.29. The van der Waals surface area contributed by atoms with Gasteiger partial charge in [-0.15, -0.1) is 0 Å². The number of hydrogen-bond acceptors (Lipinski definition) is 5. The van der Waals surface area contributed by atoms with E-state index in [9.17, 15) is 19.5 Å². The predicted molar refractivity (Wildman–Crippen MR) is 114 cm³/mol. The van der Waals surface area contributed by atoms with Crippen LogP contribution >= 0.6 is 0 Å². The zero-order chi connectivity index (χ0) is 22.4. The van der Waals surface area contributed by atoms with Crippen LogP contribution in [0.4, 0.5) is 4.79 Å². The van der Waals surface area contributed by atoms with Crippen molar-refractivity contribution in [1.29, 1.82) is 0 Å². The Labute approximate surface area is 180 Å². The first-order chi connectivity index (χ1) is 14.8. The fraction of sp³-hybridized carbons (Fsp3) is 0.348. The number of rotatable bonds is 9. The minimum Gasteiger partial charge on any atom is -0.481 e. The number of hydrogen-bond donors (Lipinski definition) is 4. The molecule has 2 aromatic rings. The van der Waals surface area contributed by atoms with Crippen molar-refractivity contribution < 1.29 is 29.3 Å². The molecule has 1 aliphatic rings. The second kappa shape index (κ2) is 10.1. The van der Waals surface area contributed by atoms with E-state index in [1.165, 1.54) is 0 Å². The minimum atomic E-state index is -1.11. The van der Waals surface area contributed by atoms with Crippen LogP contribution in [0.25, 0.3) is 11.1 Å². The standard InChI is InChI=1S/C23H26N2O6/c1-14(10-22(28)29)25-21(27)11-15(26)12-24-23(30)31-13-20-18-8-4-2-6-16(18)17-7-3-5-9-19(17)20/h2-9,14-15,20,26H,10-13H2,1H3,(H,24,30)(H,25,27)(H,28,29). The normalized spacial score (nSPS) is 14.1. The summed E-state index contributed by atoms with van der Waals surface area (Å²) in [6, 6.07) is 15.5. The van der Waals surface area contributed by atoms with E-state index in [2.05, 4.69) is 10.6 Å². The fourth-order valence-electron chi connectivity index (χ4n) is 3.78. The number of carboxylic acids is 1. The van der Waals surface area contributed by atoms with Crippen molar-refractivity contribution in [3.63, 3.8) is 0 Å². The molecule has 2 amide bonds. The van der Waals surface area contributed by atoms with Crippen LogP contribution in [-0.4, -0.2) is 53.5 Å². The molecule has 0 radical (unpaired) electrons. The van der Waals surface area contributed by atoms with E-state index in [0.29, 0.717) is 0 Å². The van der Waals surface area contributed by atoms with Crippen molar-refractivity contribution in [3.8, 4) is 11.1 Å². The molecule has 0 aliphatic heterocycles. The zero-order valence-electron chi connectivity index (χ0n) is 17.2. The van der Waals surface area contributed by atoms with E-state index in [4.69, 9.17) is 9.84 Å². The molecule has 2 atom stereocenters. The number of nitrogens with one attached hydrogen (secondary N) is 2. The number of aliphatic hydroxyl groups is 1. The van der Waals surface area contributed by atoms with Crippen molar-refractivity contribution >= 4 is 18.0 Å². The Morgan fingerprint density at radius 2 is 1.58 bits per heavy atom. The van der Waals surface area contributed by atoms with Gasteiger partial charge in [0.2, 0.25) is 5.91 Å². The highest BCUT2D eigenvalue weighted by atomic mass is 16.5. The summed E-state index contributed by atoms with van der Waals surface area (Å²) in [5.74, 6) is -1.58. The van der Waals surface area contributed by atoms with Crippen LogP contribution in [0.2, 0.25) is 0 Å². The molecule has 0 bridgehead atoms. The molecule has 4 N–H and O–H groups in total. The van der Waals surface area contributed by atoms with E-state index in [0.717, 1.165) is 22.3 Å². The number of aliphatic carboxylic acids is 1. The molecule has 0 saturated heterocycles. The third-order valence-electron chi connectivity index (χ3n) is 5.13. The predicted octanol–water partition coefficient (Wildman–Crippen LogP) is 2.26. The van der Waals surface area contributed by atoms with Crippen molar-refractivity contribution in [1.82, 2.24) is 10.6 Å². The first-order valence-corrected chi connectivity index (χ1v) is 10.1. The Morgan fingerprint density at radius 3 is 2.16 bits per heavy atom. The number of alkyl carbamates (subject to hydrolysis) is 1. The average molecular weight is 426 g/mol. The summed E-state index contributed by atoms with van der Waals surface area (Å²) in [4.78, 5) is 34.5. The molecule has 0 spiro atoms. The molecule has 2 aromatic carbocycles. The van der Waals surface area contributed by atoms with Gasteiger partial charge in [-0.05, 0) is 29.2 Å². The molecular formula is C23H26N2O6. The molecule has 0 heterocycles. The van der Waals surface area contributed by atoms with Gasteiger partial charge in [0.05, 0.1) is 18.9 Å².